The molecular formula is C14H21NO3S. The lowest BCUT2D eigenvalue weighted by atomic mass is 10.1. The number of amides is 1. The summed E-state index contributed by atoms with van der Waals surface area (Å²) in [4.78, 5) is 12.1. The lowest BCUT2D eigenvalue weighted by Crippen LogP contribution is -2.31. The van der Waals surface area contributed by atoms with Crippen molar-refractivity contribution in [3.63, 3.8) is 0 Å². The van der Waals surface area contributed by atoms with Crippen molar-refractivity contribution in [2.45, 2.75) is 38.1 Å². The van der Waals surface area contributed by atoms with E-state index in [1.807, 2.05) is 20.8 Å². The molecule has 0 aromatic heterocycles. The number of sulfone groups is 1. The van der Waals surface area contributed by atoms with Gasteiger partial charge in [0.05, 0.1) is 10.9 Å². The Morgan fingerprint density at radius 3 is 2.16 bits per heavy atom. The summed E-state index contributed by atoms with van der Waals surface area (Å²) >= 11 is 0. The van der Waals surface area contributed by atoms with Gasteiger partial charge in [0.15, 0.2) is 9.84 Å². The fourth-order valence-electron chi connectivity index (χ4n) is 1.63. The maximum atomic E-state index is 11.8. The summed E-state index contributed by atoms with van der Waals surface area (Å²) in [7, 11) is -3.17. The third kappa shape index (κ3) is 4.35. The topological polar surface area (TPSA) is 63.2 Å². The molecule has 0 aliphatic heterocycles. The van der Waals surface area contributed by atoms with Crippen LogP contribution in [-0.4, -0.2) is 20.6 Å². The molecule has 5 heteroatoms. The SMILES string of the molecule is CC[C@H](C)C(=O)N[C@H](C)c1ccc(S(C)(=O)=O)cc1. The molecule has 1 N–H and O–H groups in total. The molecule has 19 heavy (non-hydrogen) atoms. The number of hydrogen-bond acceptors (Lipinski definition) is 3. The number of carbonyl (C=O) groups excluding carboxylic acids is 1. The molecule has 0 spiro atoms. The molecule has 0 fully saturated rings. The molecule has 0 radical (unpaired) electrons. The number of carbonyl (C=O) groups is 1. The molecule has 0 heterocycles. The second kappa shape index (κ2) is 6.19. The third-order valence-electron chi connectivity index (χ3n) is 3.23. The maximum Gasteiger partial charge on any atom is 0.223 e. The van der Waals surface area contributed by atoms with Crippen molar-refractivity contribution < 1.29 is 13.2 Å². The molecule has 0 aliphatic rings. The Morgan fingerprint density at radius 1 is 1.21 bits per heavy atom. The molecule has 1 rings (SSSR count). The Morgan fingerprint density at radius 2 is 1.74 bits per heavy atom. The molecule has 0 saturated carbocycles. The van der Waals surface area contributed by atoms with Gasteiger partial charge in [0.2, 0.25) is 5.91 Å². The minimum atomic E-state index is -3.17. The van der Waals surface area contributed by atoms with Gasteiger partial charge in [-0.2, -0.15) is 0 Å². The number of rotatable bonds is 5. The molecule has 1 amide bonds. The van der Waals surface area contributed by atoms with E-state index in [4.69, 9.17) is 0 Å². The van der Waals surface area contributed by atoms with Gasteiger partial charge in [-0.15, -0.1) is 0 Å². The monoisotopic (exact) mass is 283 g/mol. The number of hydrogen-bond donors (Lipinski definition) is 1. The van der Waals surface area contributed by atoms with Crippen LogP contribution in [0.3, 0.4) is 0 Å². The molecular weight excluding hydrogens is 262 g/mol. The molecule has 4 nitrogen and oxygen atoms in total. The summed E-state index contributed by atoms with van der Waals surface area (Å²) in [5.74, 6) is -0.0000626. The number of benzene rings is 1. The molecule has 2 atom stereocenters. The van der Waals surface area contributed by atoms with Crippen molar-refractivity contribution in [3.8, 4) is 0 Å². The van der Waals surface area contributed by atoms with Gasteiger partial charge in [-0.1, -0.05) is 26.0 Å². The molecule has 1 aromatic rings. The molecule has 106 valence electrons. The fraction of sp³-hybridized carbons (Fsp3) is 0.500. The average Bonchev–Trinajstić information content (AvgIpc) is 2.36. The summed E-state index contributed by atoms with van der Waals surface area (Å²) in [6.07, 6.45) is 1.97. The van der Waals surface area contributed by atoms with Crippen molar-refractivity contribution in [1.29, 1.82) is 0 Å². The van der Waals surface area contributed by atoms with Crippen LogP contribution in [0.1, 0.15) is 38.8 Å². The van der Waals surface area contributed by atoms with Gasteiger partial charge in [0.1, 0.15) is 0 Å². The highest BCUT2D eigenvalue weighted by Crippen LogP contribution is 2.17. The van der Waals surface area contributed by atoms with Crippen LogP contribution in [-0.2, 0) is 14.6 Å². The Labute approximate surface area is 115 Å². The van der Waals surface area contributed by atoms with E-state index < -0.39 is 9.84 Å². The van der Waals surface area contributed by atoms with Crippen LogP contribution in [0.15, 0.2) is 29.2 Å². The molecule has 0 bridgehead atoms. The Hall–Kier alpha value is -1.36. The van der Waals surface area contributed by atoms with Gasteiger partial charge in [0.25, 0.3) is 0 Å². The van der Waals surface area contributed by atoms with Crippen molar-refractivity contribution in [2.24, 2.45) is 5.92 Å². The van der Waals surface area contributed by atoms with Crippen molar-refractivity contribution in [2.75, 3.05) is 6.26 Å². The highest BCUT2D eigenvalue weighted by atomic mass is 32.2. The van der Waals surface area contributed by atoms with Crippen LogP contribution in [0.2, 0.25) is 0 Å². The van der Waals surface area contributed by atoms with Gasteiger partial charge in [-0.3, -0.25) is 4.79 Å². The Bertz CT molecular complexity index is 534. The highest BCUT2D eigenvalue weighted by molar-refractivity contribution is 7.90. The highest BCUT2D eigenvalue weighted by Gasteiger charge is 2.15. The Balaban J connectivity index is 2.79. The van der Waals surface area contributed by atoms with E-state index in [0.717, 1.165) is 12.0 Å². The molecule has 0 saturated heterocycles. The normalized spacial score (nSPS) is 14.7. The lowest BCUT2D eigenvalue weighted by molar-refractivity contribution is -0.125. The summed E-state index contributed by atoms with van der Waals surface area (Å²) in [6, 6.07) is 6.47. The zero-order chi connectivity index (χ0) is 14.6. The quantitative estimate of drug-likeness (QED) is 0.902. The summed E-state index contributed by atoms with van der Waals surface area (Å²) < 4.78 is 22.7. The fourth-order valence-corrected chi connectivity index (χ4v) is 2.26. The van der Waals surface area contributed by atoms with E-state index in [2.05, 4.69) is 5.32 Å². The van der Waals surface area contributed by atoms with Crippen LogP contribution in [0.4, 0.5) is 0 Å². The predicted molar refractivity (Wildman–Crippen MR) is 75.6 cm³/mol. The van der Waals surface area contributed by atoms with Crippen molar-refractivity contribution in [1.82, 2.24) is 5.32 Å². The van der Waals surface area contributed by atoms with Gasteiger partial charge in [-0.05, 0) is 31.0 Å². The van der Waals surface area contributed by atoms with Crippen LogP contribution < -0.4 is 5.32 Å². The molecule has 0 unspecified atom stereocenters. The minimum absolute atomic E-state index is 0.0159. The first-order valence-electron chi connectivity index (χ1n) is 6.36. The second-order valence-corrected chi connectivity index (χ2v) is 6.90. The predicted octanol–water partition coefficient (Wildman–Crippen LogP) is 2.31. The number of nitrogens with one attached hydrogen (secondary N) is 1. The zero-order valence-electron chi connectivity index (χ0n) is 11.8. The van der Waals surface area contributed by atoms with Gasteiger partial charge in [0, 0.05) is 12.2 Å². The van der Waals surface area contributed by atoms with Crippen molar-refractivity contribution in [3.05, 3.63) is 29.8 Å². The van der Waals surface area contributed by atoms with E-state index in [9.17, 15) is 13.2 Å². The summed E-state index contributed by atoms with van der Waals surface area (Å²) in [6.45, 7) is 5.74. The summed E-state index contributed by atoms with van der Waals surface area (Å²) in [5.41, 5.74) is 0.893. The summed E-state index contributed by atoms with van der Waals surface area (Å²) in [5, 5.41) is 2.92. The first-order valence-corrected chi connectivity index (χ1v) is 8.25. The van der Waals surface area contributed by atoms with Crippen molar-refractivity contribution >= 4 is 15.7 Å². The van der Waals surface area contributed by atoms with Crippen LogP contribution in [0.25, 0.3) is 0 Å². The van der Waals surface area contributed by atoms with Crippen LogP contribution in [0.5, 0.6) is 0 Å². The van der Waals surface area contributed by atoms with Gasteiger partial charge < -0.3 is 5.32 Å². The maximum absolute atomic E-state index is 11.8. The van der Waals surface area contributed by atoms with E-state index in [1.54, 1.807) is 24.3 Å². The average molecular weight is 283 g/mol. The standard InChI is InChI=1S/C14H21NO3S/c1-5-10(2)14(16)15-11(3)12-6-8-13(9-7-12)19(4,17)18/h6-11H,5H2,1-4H3,(H,15,16)/t10-,11+/m0/s1. The Kier molecular flexibility index (Phi) is 5.11. The van der Waals surface area contributed by atoms with E-state index in [1.165, 1.54) is 6.26 Å². The first kappa shape index (κ1) is 15.7. The van der Waals surface area contributed by atoms with E-state index >= 15 is 0 Å². The minimum Gasteiger partial charge on any atom is -0.349 e. The first-order chi connectivity index (χ1) is 8.75. The smallest absolute Gasteiger partial charge is 0.223 e. The van der Waals surface area contributed by atoms with Crippen LogP contribution in [0, 0.1) is 5.92 Å². The largest absolute Gasteiger partial charge is 0.349 e. The molecule has 1 aromatic carbocycles. The second-order valence-electron chi connectivity index (χ2n) is 4.88. The lowest BCUT2D eigenvalue weighted by Gasteiger charge is -2.17. The van der Waals surface area contributed by atoms with E-state index in [0.29, 0.717) is 0 Å². The third-order valence-corrected chi connectivity index (χ3v) is 4.36. The van der Waals surface area contributed by atoms with E-state index in [-0.39, 0.29) is 22.8 Å². The van der Waals surface area contributed by atoms with Gasteiger partial charge in [-0.25, -0.2) is 8.42 Å². The van der Waals surface area contributed by atoms with Gasteiger partial charge >= 0.3 is 0 Å². The zero-order valence-corrected chi connectivity index (χ0v) is 12.6. The molecule has 0 aliphatic carbocycles. The van der Waals surface area contributed by atoms with Crippen LogP contribution >= 0.6 is 0 Å².